The molecule has 0 unspecified atom stereocenters. The smallest absolute Gasteiger partial charge is 0.333 e. The second kappa shape index (κ2) is 9.50. The second-order valence-electron chi connectivity index (χ2n) is 3.47. The average molecular weight is 210 g/mol. The maximum Gasteiger partial charge on any atom is 0.333 e. The van der Waals surface area contributed by atoms with Gasteiger partial charge in [0.25, 0.3) is 0 Å². The van der Waals surface area contributed by atoms with E-state index in [4.69, 9.17) is 4.74 Å². The van der Waals surface area contributed by atoms with Gasteiger partial charge in [0.15, 0.2) is 0 Å². The first-order valence-corrected chi connectivity index (χ1v) is 5.73. The van der Waals surface area contributed by atoms with Gasteiger partial charge in [-0.25, -0.2) is 4.79 Å². The maximum atomic E-state index is 11.5. The first kappa shape index (κ1) is 13.9. The molecule has 0 heterocycles. The van der Waals surface area contributed by atoms with E-state index in [-0.39, 0.29) is 5.97 Å². The van der Waals surface area contributed by atoms with Crippen molar-refractivity contribution >= 4 is 5.97 Å². The van der Waals surface area contributed by atoms with Crippen LogP contribution in [0.2, 0.25) is 0 Å². The fourth-order valence-electron chi connectivity index (χ4n) is 1.27. The van der Waals surface area contributed by atoms with Crippen LogP contribution in [0.25, 0.3) is 0 Å². The predicted octanol–water partition coefficient (Wildman–Crippen LogP) is 3.63. The zero-order chi connectivity index (χ0) is 11.5. The van der Waals surface area contributed by atoms with Crippen LogP contribution in [-0.4, -0.2) is 12.6 Å². The number of esters is 1. The Kier molecular flexibility index (Phi) is 8.84. The van der Waals surface area contributed by atoms with Gasteiger partial charge in [0.05, 0.1) is 0 Å². The SMILES string of the molecule is C=CCOC(=O)C(=CCCCCC)CC. The maximum absolute atomic E-state index is 11.5. The standard InChI is InChI=1S/C13H22O2/c1-4-7-8-9-10-12(6-3)13(14)15-11-5-2/h5,10H,2,4,6-9,11H2,1,3H3. The fraction of sp³-hybridized carbons (Fsp3) is 0.615. The van der Waals surface area contributed by atoms with E-state index in [0.29, 0.717) is 6.61 Å². The second-order valence-corrected chi connectivity index (χ2v) is 3.47. The Morgan fingerprint density at radius 3 is 2.60 bits per heavy atom. The van der Waals surface area contributed by atoms with Crippen molar-refractivity contribution in [2.75, 3.05) is 6.61 Å². The molecule has 0 atom stereocenters. The molecular weight excluding hydrogens is 188 g/mol. The normalized spacial score (nSPS) is 11.2. The van der Waals surface area contributed by atoms with Gasteiger partial charge < -0.3 is 4.74 Å². The van der Waals surface area contributed by atoms with E-state index in [1.165, 1.54) is 12.8 Å². The third kappa shape index (κ3) is 6.95. The molecule has 0 radical (unpaired) electrons. The summed E-state index contributed by atoms with van der Waals surface area (Å²) in [6, 6.07) is 0. The summed E-state index contributed by atoms with van der Waals surface area (Å²) < 4.78 is 4.98. The van der Waals surface area contributed by atoms with Crippen LogP contribution >= 0.6 is 0 Å². The molecule has 0 aromatic rings. The Labute approximate surface area is 93.0 Å². The van der Waals surface area contributed by atoms with Crippen LogP contribution in [0.3, 0.4) is 0 Å². The van der Waals surface area contributed by atoms with Crippen LogP contribution in [0.1, 0.15) is 46.0 Å². The predicted molar refractivity (Wildman–Crippen MR) is 63.7 cm³/mol. The number of hydrogen-bond acceptors (Lipinski definition) is 2. The Morgan fingerprint density at radius 2 is 2.07 bits per heavy atom. The van der Waals surface area contributed by atoms with Crippen molar-refractivity contribution in [3.8, 4) is 0 Å². The summed E-state index contributed by atoms with van der Waals surface area (Å²) in [5.74, 6) is -0.200. The average Bonchev–Trinajstić information content (AvgIpc) is 2.26. The molecule has 0 amide bonds. The molecule has 0 aliphatic carbocycles. The van der Waals surface area contributed by atoms with Crippen molar-refractivity contribution in [2.45, 2.75) is 46.0 Å². The van der Waals surface area contributed by atoms with Crippen molar-refractivity contribution in [1.82, 2.24) is 0 Å². The number of carbonyl (C=O) groups is 1. The van der Waals surface area contributed by atoms with Crippen molar-refractivity contribution in [2.24, 2.45) is 0 Å². The van der Waals surface area contributed by atoms with Gasteiger partial charge in [0.2, 0.25) is 0 Å². The lowest BCUT2D eigenvalue weighted by atomic mass is 10.1. The molecular formula is C13H22O2. The minimum absolute atomic E-state index is 0.200. The van der Waals surface area contributed by atoms with Crippen molar-refractivity contribution in [3.05, 3.63) is 24.3 Å². The van der Waals surface area contributed by atoms with E-state index in [0.717, 1.165) is 24.8 Å². The number of rotatable bonds is 8. The lowest BCUT2D eigenvalue weighted by Gasteiger charge is -2.04. The van der Waals surface area contributed by atoms with Crippen LogP contribution in [-0.2, 0) is 9.53 Å². The summed E-state index contributed by atoms with van der Waals surface area (Å²) in [5, 5.41) is 0. The molecule has 0 bridgehead atoms. The molecule has 86 valence electrons. The van der Waals surface area contributed by atoms with Crippen LogP contribution < -0.4 is 0 Å². The lowest BCUT2D eigenvalue weighted by Crippen LogP contribution is -2.07. The summed E-state index contributed by atoms with van der Waals surface area (Å²) >= 11 is 0. The van der Waals surface area contributed by atoms with Crippen molar-refractivity contribution in [3.63, 3.8) is 0 Å². The summed E-state index contributed by atoms with van der Waals surface area (Å²) in [7, 11) is 0. The Hall–Kier alpha value is -1.05. The summed E-state index contributed by atoms with van der Waals surface area (Å²) in [4.78, 5) is 11.5. The molecule has 0 fully saturated rings. The van der Waals surface area contributed by atoms with Gasteiger partial charge >= 0.3 is 5.97 Å². The molecule has 0 aromatic carbocycles. The summed E-state index contributed by atoms with van der Waals surface area (Å²) in [5.41, 5.74) is 0.785. The lowest BCUT2D eigenvalue weighted by molar-refractivity contribution is -0.137. The minimum atomic E-state index is -0.200. The van der Waals surface area contributed by atoms with Gasteiger partial charge in [0.1, 0.15) is 6.61 Å². The first-order valence-electron chi connectivity index (χ1n) is 5.73. The van der Waals surface area contributed by atoms with Gasteiger partial charge in [-0.05, 0) is 19.3 Å². The van der Waals surface area contributed by atoms with Crippen LogP contribution in [0.4, 0.5) is 0 Å². The zero-order valence-electron chi connectivity index (χ0n) is 9.92. The molecule has 0 N–H and O–H groups in total. The molecule has 0 saturated carbocycles. The molecule has 0 spiro atoms. The highest BCUT2D eigenvalue weighted by Crippen LogP contribution is 2.08. The quantitative estimate of drug-likeness (QED) is 0.265. The molecule has 0 rings (SSSR count). The highest BCUT2D eigenvalue weighted by atomic mass is 16.5. The monoisotopic (exact) mass is 210 g/mol. The van der Waals surface area contributed by atoms with Gasteiger partial charge in [-0.15, -0.1) is 0 Å². The molecule has 15 heavy (non-hydrogen) atoms. The Balaban J connectivity index is 3.97. The number of ether oxygens (including phenoxy) is 1. The highest BCUT2D eigenvalue weighted by Gasteiger charge is 2.06. The number of unbranched alkanes of at least 4 members (excludes halogenated alkanes) is 3. The van der Waals surface area contributed by atoms with E-state index in [9.17, 15) is 4.79 Å². The van der Waals surface area contributed by atoms with E-state index in [1.807, 2.05) is 13.0 Å². The van der Waals surface area contributed by atoms with E-state index < -0.39 is 0 Å². The third-order valence-electron chi connectivity index (χ3n) is 2.17. The van der Waals surface area contributed by atoms with E-state index in [1.54, 1.807) is 6.08 Å². The molecule has 2 heteroatoms. The fourth-order valence-corrected chi connectivity index (χ4v) is 1.27. The number of carbonyl (C=O) groups excluding carboxylic acids is 1. The van der Waals surface area contributed by atoms with Gasteiger partial charge in [0, 0.05) is 5.57 Å². The van der Waals surface area contributed by atoms with Crippen LogP contribution in [0.15, 0.2) is 24.3 Å². The Bertz CT molecular complexity index is 217. The van der Waals surface area contributed by atoms with E-state index >= 15 is 0 Å². The van der Waals surface area contributed by atoms with Crippen molar-refractivity contribution < 1.29 is 9.53 Å². The third-order valence-corrected chi connectivity index (χ3v) is 2.17. The Morgan fingerprint density at radius 1 is 1.33 bits per heavy atom. The van der Waals surface area contributed by atoms with Gasteiger partial charge in [-0.1, -0.05) is 45.4 Å². The molecule has 0 aliphatic heterocycles. The zero-order valence-corrected chi connectivity index (χ0v) is 9.92. The van der Waals surface area contributed by atoms with Crippen molar-refractivity contribution in [1.29, 1.82) is 0 Å². The molecule has 0 aliphatic rings. The molecule has 0 saturated heterocycles. The minimum Gasteiger partial charge on any atom is -0.458 e. The molecule has 2 nitrogen and oxygen atoms in total. The van der Waals surface area contributed by atoms with Gasteiger partial charge in [-0.2, -0.15) is 0 Å². The number of hydrogen-bond donors (Lipinski definition) is 0. The highest BCUT2D eigenvalue weighted by molar-refractivity contribution is 5.88. The first-order chi connectivity index (χ1) is 7.26. The van der Waals surface area contributed by atoms with Crippen LogP contribution in [0, 0.1) is 0 Å². The largest absolute Gasteiger partial charge is 0.458 e. The molecule has 0 aromatic heterocycles. The van der Waals surface area contributed by atoms with E-state index in [2.05, 4.69) is 13.5 Å². The van der Waals surface area contributed by atoms with Gasteiger partial charge in [-0.3, -0.25) is 0 Å². The summed E-state index contributed by atoms with van der Waals surface area (Å²) in [6.07, 6.45) is 8.87. The number of allylic oxidation sites excluding steroid dienone is 1. The summed E-state index contributed by atoms with van der Waals surface area (Å²) in [6.45, 7) is 7.95. The van der Waals surface area contributed by atoms with Crippen LogP contribution in [0.5, 0.6) is 0 Å². The topological polar surface area (TPSA) is 26.3 Å².